The molecule has 136 valence electrons. The first-order valence-corrected chi connectivity index (χ1v) is 9.05. The Labute approximate surface area is 153 Å². The molecule has 2 N–H and O–H groups in total. The Kier molecular flexibility index (Phi) is 5.84. The molecular weight excluding hydrogens is 326 g/mol. The number of nitrogens with one attached hydrogen (secondary N) is 2. The first-order chi connectivity index (χ1) is 12.7. The zero-order valence-electron chi connectivity index (χ0n) is 15.3. The number of carbonyl (C=O) groups excluding carboxylic acids is 1. The Hall–Kier alpha value is -2.89. The molecule has 0 radical (unpaired) electrons. The van der Waals surface area contributed by atoms with Crippen LogP contribution in [0.1, 0.15) is 35.8 Å². The molecule has 3 rings (SSSR count). The maximum Gasteiger partial charge on any atom is 0.273 e. The molecule has 0 bridgehead atoms. The molecule has 2 heterocycles. The zero-order chi connectivity index (χ0) is 18.4. The highest BCUT2D eigenvalue weighted by Gasteiger charge is 2.13. The number of para-hydroxylation sites is 1. The van der Waals surface area contributed by atoms with Crippen LogP contribution in [-0.4, -0.2) is 45.9 Å². The Morgan fingerprint density at radius 3 is 2.85 bits per heavy atom. The molecule has 1 amide bonds. The number of aromatic amines is 1. The second kappa shape index (κ2) is 8.47. The van der Waals surface area contributed by atoms with Gasteiger partial charge in [0, 0.05) is 37.2 Å². The van der Waals surface area contributed by atoms with Gasteiger partial charge >= 0.3 is 0 Å². The molecule has 0 fully saturated rings. The largest absolute Gasteiger partial charge is 0.368 e. The van der Waals surface area contributed by atoms with Gasteiger partial charge < -0.3 is 15.2 Å². The zero-order valence-corrected chi connectivity index (χ0v) is 15.3. The van der Waals surface area contributed by atoms with Crippen LogP contribution in [0.2, 0.25) is 0 Å². The Morgan fingerprint density at radius 2 is 2.08 bits per heavy atom. The van der Waals surface area contributed by atoms with Crippen LogP contribution in [0.25, 0.3) is 10.9 Å². The predicted molar refractivity (Wildman–Crippen MR) is 104 cm³/mol. The number of hydrogen-bond donors (Lipinski definition) is 2. The summed E-state index contributed by atoms with van der Waals surface area (Å²) in [4.78, 5) is 25.8. The fraction of sp³-hybridized carbons (Fsp3) is 0.350. The lowest BCUT2D eigenvalue weighted by atomic mass is 10.1. The van der Waals surface area contributed by atoms with Crippen LogP contribution >= 0.6 is 0 Å². The lowest BCUT2D eigenvalue weighted by Gasteiger charge is -2.16. The molecule has 0 aliphatic heterocycles. The van der Waals surface area contributed by atoms with Crippen LogP contribution < -0.4 is 5.32 Å². The van der Waals surface area contributed by atoms with Crippen LogP contribution in [0, 0.1) is 0 Å². The number of hydrogen-bond acceptors (Lipinski definition) is 4. The van der Waals surface area contributed by atoms with E-state index in [0.29, 0.717) is 11.5 Å². The number of aromatic nitrogens is 3. The summed E-state index contributed by atoms with van der Waals surface area (Å²) in [5, 5.41) is 4.51. The normalized spacial score (nSPS) is 10.8. The SMILES string of the molecule is CCCCN(C)C(=O)c1cnc(NCCc2c[nH]c3ccccc23)cn1. The van der Waals surface area contributed by atoms with Crippen molar-refractivity contribution < 1.29 is 4.79 Å². The summed E-state index contributed by atoms with van der Waals surface area (Å²) in [6.07, 6.45) is 8.14. The average Bonchev–Trinajstić information content (AvgIpc) is 3.09. The first-order valence-electron chi connectivity index (χ1n) is 9.05. The maximum atomic E-state index is 12.3. The molecule has 1 aromatic carbocycles. The van der Waals surface area contributed by atoms with Crippen molar-refractivity contribution in [3.8, 4) is 0 Å². The van der Waals surface area contributed by atoms with E-state index in [1.165, 1.54) is 10.9 Å². The Morgan fingerprint density at radius 1 is 1.23 bits per heavy atom. The number of nitrogens with zero attached hydrogens (tertiary/aromatic N) is 3. The summed E-state index contributed by atoms with van der Waals surface area (Å²) >= 11 is 0. The molecule has 3 aromatic rings. The second-order valence-electron chi connectivity index (χ2n) is 6.40. The van der Waals surface area contributed by atoms with E-state index in [2.05, 4.69) is 39.3 Å². The van der Waals surface area contributed by atoms with Crippen molar-refractivity contribution in [1.82, 2.24) is 19.9 Å². The standard InChI is InChI=1S/C20H25N5O/c1-3-4-11-25(2)20(26)18-13-24-19(14-23-18)21-10-9-15-12-22-17-8-6-5-7-16(15)17/h5-8,12-14,22H,3-4,9-11H2,1-2H3,(H,21,24). The Balaban J connectivity index is 1.53. The van der Waals surface area contributed by atoms with Gasteiger partial charge in [-0.25, -0.2) is 9.97 Å². The van der Waals surface area contributed by atoms with Crippen molar-refractivity contribution in [3.63, 3.8) is 0 Å². The summed E-state index contributed by atoms with van der Waals surface area (Å²) in [5.41, 5.74) is 2.80. The minimum absolute atomic E-state index is 0.0868. The van der Waals surface area contributed by atoms with E-state index in [4.69, 9.17) is 0 Å². The van der Waals surface area contributed by atoms with Crippen molar-refractivity contribution in [2.24, 2.45) is 0 Å². The van der Waals surface area contributed by atoms with Gasteiger partial charge in [-0.1, -0.05) is 31.5 Å². The lowest BCUT2D eigenvalue weighted by molar-refractivity contribution is 0.0787. The molecule has 0 aliphatic carbocycles. The molecule has 0 saturated carbocycles. The third kappa shape index (κ3) is 4.20. The van der Waals surface area contributed by atoms with Crippen molar-refractivity contribution in [1.29, 1.82) is 0 Å². The number of amides is 1. The Bertz CT molecular complexity index is 856. The van der Waals surface area contributed by atoms with E-state index in [9.17, 15) is 4.79 Å². The van der Waals surface area contributed by atoms with Gasteiger partial charge in [-0.15, -0.1) is 0 Å². The topological polar surface area (TPSA) is 73.9 Å². The van der Waals surface area contributed by atoms with Crippen molar-refractivity contribution in [2.75, 3.05) is 25.5 Å². The fourth-order valence-corrected chi connectivity index (χ4v) is 2.89. The van der Waals surface area contributed by atoms with E-state index in [0.717, 1.165) is 37.9 Å². The number of fused-ring (bicyclic) bond motifs is 1. The molecule has 0 saturated heterocycles. The predicted octanol–water partition coefficient (Wildman–Crippen LogP) is 3.48. The molecule has 26 heavy (non-hydrogen) atoms. The summed E-state index contributed by atoms with van der Waals surface area (Å²) in [6, 6.07) is 8.27. The lowest BCUT2D eigenvalue weighted by Crippen LogP contribution is -2.28. The molecular formula is C20H25N5O. The number of rotatable bonds is 8. The molecule has 0 atom stereocenters. The van der Waals surface area contributed by atoms with Crippen LogP contribution in [0.15, 0.2) is 42.9 Å². The van der Waals surface area contributed by atoms with E-state index in [-0.39, 0.29) is 5.91 Å². The van der Waals surface area contributed by atoms with Crippen LogP contribution in [0.4, 0.5) is 5.82 Å². The maximum absolute atomic E-state index is 12.3. The van der Waals surface area contributed by atoms with Gasteiger partial charge in [-0.3, -0.25) is 4.79 Å². The first kappa shape index (κ1) is 17.9. The van der Waals surface area contributed by atoms with Crippen molar-refractivity contribution in [2.45, 2.75) is 26.2 Å². The van der Waals surface area contributed by atoms with E-state index < -0.39 is 0 Å². The van der Waals surface area contributed by atoms with Gasteiger partial charge in [0.2, 0.25) is 0 Å². The second-order valence-corrected chi connectivity index (χ2v) is 6.40. The summed E-state index contributed by atoms with van der Waals surface area (Å²) in [7, 11) is 1.80. The monoisotopic (exact) mass is 351 g/mol. The molecule has 0 aliphatic rings. The fourth-order valence-electron chi connectivity index (χ4n) is 2.89. The number of carbonyl (C=O) groups is 1. The highest BCUT2D eigenvalue weighted by Crippen LogP contribution is 2.18. The highest BCUT2D eigenvalue weighted by molar-refractivity contribution is 5.91. The molecule has 2 aromatic heterocycles. The van der Waals surface area contributed by atoms with Crippen molar-refractivity contribution in [3.05, 3.63) is 54.1 Å². The van der Waals surface area contributed by atoms with E-state index in [1.807, 2.05) is 18.3 Å². The smallest absolute Gasteiger partial charge is 0.273 e. The minimum Gasteiger partial charge on any atom is -0.368 e. The van der Waals surface area contributed by atoms with Crippen LogP contribution in [-0.2, 0) is 6.42 Å². The number of H-pyrrole nitrogens is 1. The average molecular weight is 351 g/mol. The highest BCUT2D eigenvalue weighted by atomic mass is 16.2. The number of anilines is 1. The van der Waals surface area contributed by atoms with Gasteiger partial charge in [0.15, 0.2) is 0 Å². The van der Waals surface area contributed by atoms with Gasteiger partial charge in [-0.2, -0.15) is 0 Å². The summed E-state index contributed by atoms with van der Waals surface area (Å²) < 4.78 is 0. The van der Waals surface area contributed by atoms with E-state index in [1.54, 1.807) is 24.3 Å². The molecule has 6 nitrogen and oxygen atoms in total. The quantitative estimate of drug-likeness (QED) is 0.651. The van der Waals surface area contributed by atoms with Gasteiger partial charge in [0.05, 0.1) is 12.4 Å². The van der Waals surface area contributed by atoms with Gasteiger partial charge in [-0.05, 0) is 24.5 Å². The number of unbranched alkanes of at least 4 members (excludes halogenated alkanes) is 1. The number of benzene rings is 1. The molecule has 0 spiro atoms. The van der Waals surface area contributed by atoms with Gasteiger partial charge in [0.25, 0.3) is 5.91 Å². The minimum atomic E-state index is -0.0868. The van der Waals surface area contributed by atoms with E-state index >= 15 is 0 Å². The van der Waals surface area contributed by atoms with Crippen LogP contribution in [0.5, 0.6) is 0 Å². The summed E-state index contributed by atoms with van der Waals surface area (Å²) in [6.45, 7) is 3.59. The van der Waals surface area contributed by atoms with Crippen molar-refractivity contribution >= 4 is 22.6 Å². The molecule has 6 heteroatoms. The van der Waals surface area contributed by atoms with Crippen LogP contribution in [0.3, 0.4) is 0 Å². The third-order valence-corrected chi connectivity index (χ3v) is 4.44. The molecule has 0 unspecified atom stereocenters. The summed E-state index contributed by atoms with van der Waals surface area (Å²) in [5.74, 6) is 0.592. The third-order valence-electron chi connectivity index (χ3n) is 4.44. The van der Waals surface area contributed by atoms with Gasteiger partial charge in [0.1, 0.15) is 11.5 Å².